The van der Waals surface area contributed by atoms with Gasteiger partial charge in [0.15, 0.2) is 5.69 Å². The molecule has 0 unspecified atom stereocenters. The van der Waals surface area contributed by atoms with Crippen LogP contribution in [0.25, 0.3) is 10.9 Å². The minimum absolute atomic E-state index is 0.199. The summed E-state index contributed by atoms with van der Waals surface area (Å²) in [6.07, 6.45) is 0. The van der Waals surface area contributed by atoms with E-state index in [4.69, 9.17) is 4.74 Å². The summed E-state index contributed by atoms with van der Waals surface area (Å²) in [6.45, 7) is 4.84. The van der Waals surface area contributed by atoms with Crippen molar-refractivity contribution in [2.75, 3.05) is 13.2 Å². The molecule has 3 rings (SSSR count). The first-order chi connectivity index (χ1) is 11.1. The second-order valence-electron chi connectivity index (χ2n) is 5.54. The number of hydrogen-bond acceptors (Lipinski definition) is 3. The lowest BCUT2D eigenvalue weighted by Crippen LogP contribution is -2.28. The van der Waals surface area contributed by atoms with Crippen LogP contribution in [0.5, 0.6) is 5.75 Å². The molecule has 3 aromatic rings. The van der Waals surface area contributed by atoms with Crippen molar-refractivity contribution in [3.05, 3.63) is 59.3 Å². The number of hydrogen-bond donors (Lipinski definition) is 2. The van der Waals surface area contributed by atoms with Gasteiger partial charge in [-0.05, 0) is 43.7 Å². The molecule has 0 saturated heterocycles. The van der Waals surface area contributed by atoms with Crippen molar-refractivity contribution >= 4 is 16.8 Å². The lowest BCUT2D eigenvalue weighted by molar-refractivity contribution is 0.0943. The fourth-order valence-electron chi connectivity index (χ4n) is 2.42. The topological polar surface area (TPSA) is 67.0 Å². The molecule has 1 heterocycles. The number of aromatic amines is 1. The number of benzene rings is 2. The van der Waals surface area contributed by atoms with Crippen LogP contribution < -0.4 is 10.1 Å². The number of rotatable bonds is 5. The minimum Gasteiger partial charge on any atom is -0.492 e. The number of ether oxygens (including phenoxy) is 1. The van der Waals surface area contributed by atoms with E-state index >= 15 is 0 Å². The Labute approximate surface area is 134 Å². The molecule has 0 bridgehead atoms. The first kappa shape index (κ1) is 15.1. The van der Waals surface area contributed by atoms with E-state index in [2.05, 4.69) is 15.5 Å². The summed E-state index contributed by atoms with van der Waals surface area (Å²) in [6, 6.07) is 13.7. The van der Waals surface area contributed by atoms with E-state index in [0.717, 1.165) is 27.8 Å². The number of nitrogens with zero attached hydrogens (tertiary/aromatic N) is 1. The molecule has 0 fully saturated rings. The maximum Gasteiger partial charge on any atom is 0.272 e. The zero-order valence-corrected chi connectivity index (χ0v) is 13.2. The van der Waals surface area contributed by atoms with Crippen LogP contribution in [0.15, 0.2) is 42.5 Å². The maximum absolute atomic E-state index is 12.2. The van der Waals surface area contributed by atoms with Crippen molar-refractivity contribution in [3.8, 4) is 5.75 Å². The SMILES string of the molecule is Cc1cccc(OCCNC(=O)c2n[nH]c3ccc(C)cc23)c1. The summed E-state index contributed by atoms with van der Waals surface area (Å²) in [4.78, 5) is 12.2. The Morgan fingerprint density at radius 3 is 2.83 bits per heavy atom. The zero-order valence-electron chi connectivity index (χ0n) is 13.2. The first-order valence-electron chi connectivity index (χ1n) is 7.56. The molecule has 2 N–H and O–H groups in total. The summed E-state index contributed by atoms with van der Waals surface area (Å²) in [7, 11) is 0. The van der Waals surface area contributed by atoms with Crippen LogP contribution in [-0.2, 0) is 0 Å². The van der Waals surface area contributed by atoms with Crippen LogP contribution in [-0.4, -0.2) is 29.3 Å². The van der Waals surface area contributed by atoms with Crippen molar-refractivity contribution in [1.29, 1.82) is 0 Å². The van der Waals surface area contributed by atoms with Gasteiger partial charge in [-0.25, -0.2) is 0 Å². The molecule has 0 aliphatic rings. The molecule has 118 valence electrons. The second kappa shape index (κ2) is 6.52. The Kier molecular flexibility index (Phi) is 4.28. The normalized spacial score (nSPS) is 10.7. The summed E-state index contributed by atoms with van der Waals surface area (Å²) in [5.41, 5.74) is 3.51. The van der Waals surface area contributed by atoms with Gasteiger partial charge in [-0.15, -0.1) is 0 Å². The largest absolute Gasteiger partial charge is 0.492 e. The highest BCUT2D eigenvalue weighted by molar-refractivity contribution is 6.04. The number of fused-ring (bicyclic) bond motifs is 1. The van der Waals surface area contributed by atoms with Crippen molar-refractivity contribution in [3.63, 3.8) is 0 Å². The Morgan fingerprint density at radius 1 is 1.17 bits per heavy atom. The fourth-order valence-corrected chi connectivity index (χ4v) is 2.42. The van der Waals surface area contributed by atoms with Crippen molar-refractivity contribution in [2.24, 2.45) is 0 Å². The molecule has 0 radical (unpaired) electrons. The molecular weight excluding hydrogens is 290 g/mol. The number of carbonyl (C=O) groups is 1. The van der Waals surface area contributed by atoms with Crippen LogP contribution >= 0.6 is 0 Å². The van der Waals surface area contributed by atoms with Gasteiger partial charge in [0.25, 0.3) is 5.91 Å². The molecule has 2 aromatic carbocycles. The van der Waals surface area contributed by atoms with Gasteiger partial charge in [-0.3, -0.25) is 9.89 Å². The van der Waals surface area contributed by atoms with Crippen LogP contribution in [0.3, 0.4) is 0 Å². The molecule has 5 heteroatoms. The monoisotopic (exact) mass is 309 g/mol. The smallest absolute Gasteiger partial charge is 0.272 e. The van der Waals surface area contributed by atoms with Gasteiger partial charge in [0, 0.05) is 5.39 Å². The molecule has 0 atom stereocenters. The Balaban J connectivity index is 1.57. The van der Waals surface area contributed by atoms with E-state index in [-0.39, 0.29) is 5.91 Å². The molecule has 1 amide bonds. The zero-order chi connectivity index (χ0) is 16.2. The van der Waals surface area contributed by atoms with E-state index in [1.807, 2.05) is 56.3 Å². The highest BCUT2D eigenvalue weighted by Gasteiger charge is 2.13. The third-order valence-electron chi connectivity index (χ3n) is 3.58. The average Bonchev–Trinajstić information content (AvgIpc) is 2.94. The molecule has 0 aliphatic carbocycles. The summed E-state index contributed by atoms with van der Waals surface area (Å²) in [5.74, 6) is 0.606. The van der Waals surface area contributed by atoms with Gasteiger partial charge in [0.05, 0.1) is 12.1 Å². The van der Waals surface area contributed by atoms with Crippen molar-refractivity contribution in [1.82, 2.24) is 15.5 Å². The first-order valence-corrected chi connectivity index (χ1v) is 7.56. The highest BCUT2D eigenvalue weighted by Crippen LogP contribution is 2.17. The van der Waals surface area contributed by atoms with Crippen molar-refractivity contribution in [2.45, 2.75) is 13.8 Å². The number of H-pyrrole nitrogens is 1. The van der Waals surface area contributed by atoms with Gasteiger partial charge in [-0.2, -0.15) is 5.10 Å². The fraction of sp³-hybridized carbons (Fsp3) is 0.222. The third kappa shape index (κ3) is 3.51. The minimum atomic E-state index is -0.199. The number of amides is 1. The van der Waals surface area contributed by atoms with Crippen LogP contribution in [0, 0.1) is 13.8 Å². The molecular formula is C18H19N3O2. The van der Waals surface area contributed by atoms with Crippen LogP contribution in [0.1, 0.15) is 21.6 Å². The molecule has 0 aliphatic heterocycles. The lowest BCUT2D eigenvalue weighted by Gasteiger charge is -2.07. The number of aromatic nitrogens is 2. The van der Waals surface area contributed by atoms with Crippen LogP contribution in [0.4, 0.5) is 0 Å². The van der Waals surface area contributed by atoms with Crippen LogP contribution in [0.2, 0.25) is 0 Å². The predicted octanol–water partition coefficient (Wildman–Crippen LogP) is 2.99. The van der Waals surface area contributed by atoms with E-state index in [0.29, 0.717) is 18.8 Å². The maximum atomic E-state index is 12.2. The van der Waals surface area contributed by atoms with E-state index in [1.54, 1.807) is 0 Å². The molecule has 1 aromatic heterocycles. The highest BCUT2D eigenvalue weighted by atomic mass is 16.5. The average molecular weight is 309 g/mol. The Morgan fingerprint density at radius 2 is 2.00 bits per heavy atom. The van der Waals surface area contributed by atoms with Gasteiger partial charge in [0.2, 0.25) is 0 Å². The Hall–Kier alpha value is -2.82. The molecule has 0 spiro atoms. The van der Waals surface area contributed by atoms with Crippen molar-refractivity contribution < 1.29 is 9.53 Å². The van der Waals surface area contributed by atoms with Gasteiger partial charge in [-0.1, -0.05) is 23.8 Å². The van der Waals surface area contributed by atoms with E-state index in [1.165, 1.54) is 0 Å². The summed E-state index contributed by atoms with van der Waals surface area (Å²) in [5, 5.41) is 10.7. The lowest BCUT2D eigenvalue weighted by atomic mass is 10.1. The number of carbonyl (C=O) groups excluding carboxylic acids is 1. The van der Waals surface area contributed by atoms with Gasteiger partial charge in [0.1, 0.15) is 12.4 Å². The number of aryl methyl sites for hydroxylation is 2. The van der Waals surface area contributed by atoms with Gasteiger partial charge < -0.3 is 10.1 Å². The predicted molar refractivity (Wildman–Crippen MR) is 89.8 cm³/mol. The summed E-state index contributed by atoms with van der Waals surface area (Å²) < 4.78 is 5.62. The summed E-state index contributed by atoms with van der Waals surface area (Å²) >= 11 is 0. The van der Waals surface area contributed by atoms with Gasteiger partial charge >= 0.3 is 0 Å². The second-order valence-corrected chi connectivity index (χ2v) is 5.54. The quantitative estimate of drug-likeness (QED) is 0.712. The standard InChI is InChI=1S/C18H19N3O2/c1-12-4-3-5-14(10-12)23-9-8-19-18(22)17-15-11-13(2)6-7-16(15)20-21-17/h3-7,10-11H,8-9H2,1-2H3,(H,19,22)(H,20,21). The third-order valence-corrected chi connectivity index (χ3v) is 3.58. The molecule has 5 nitrogen and oxygen atoms in total. The molecule has 23 heavy (non-hydrogen) atoms. The number of nitrogens with one attached hydrogen (secondary N) is 2. The Bertz CT molecular complexity index is 839. The molecule has 0 saturated carbocycles. The van der Waals surface area contributed by atoms with E-state index < -0.39 is 0 Å². The van der Waals surface area contributed by atoms with E-state index in [9.17, 15) is 4.79 Å².